The number of rotatable bonds is 5. The van der Waals surface area contributed by atoms with Gasteiger partial charge < -0.3 is 9.47 Å². The zero-order valence-electron chi connectivity index (χ0n) is 10.2. The van der Waals surface area contributed by atoms with E-state index in [1.165, 1.54) is 19.9 Å². The van der Waals surface area contributed by atoms with Gasteiger partial charge in [-0.1, -0.05) is 0 Å². The van der Waals surface area contributed by atoms with Crippen LogP contribution in [0.4, 0.5) is 14.5 Å². The molecule has 1 aromatic rings. The van der Waals surface area contributed by atoms with E-state index in [4.69, 9.17) is 0 Å². The van der Waals surface area contributed by atoms with Gasteiger partial charge in [-0.15, -0.1) is 0 Å². The van der Waals surface area contributed by atoms with Gasteiger partial charge in [0.2, 0.25) is 0 Å². The first-order chi connectivity index (χ1) is 8.77. The summed E-state index contributed by atoms with van der Waals surface area (Å²) in [5.41, 5.74) is -0.0889. The van der Waals surface area contributed by atoms with Gasteiger partial charge >= 0.3 is 12.1 Å². The molecule has 0 aliphatic heterocycles. The number of benzene rings is 1. The fourth-order valence-corrected chi connectivity index (χ4v) is 1.25. The molecule has 1 rings (SSSR count). The summed E-state index contributed by atoms with van der Waals surface area (Å²) >= 11 is 0. The number of hydrogen-bond acceptors (Lipinski definition) is 5. The van der Waals surface area contributed by atoms with Crippen molar-refractivity contribution in [2.24, 2.45) is 0 Å². The number of halogens is 2. The summed E-state index contributed by atoms with van der Waals surface area (Å²) in [6.07, 6.45) is -4.20. The average Bonchev–Trinajstić information content (AvgIpc) is 2.31. The first-order valence-electron chi connectivity index (χ1n) is 5.27. The van der Waals surface area contributed by atoms with Crippen molar-refractivity contribution in [2.45, 2.75) is 20.0 Å². The molecule has 8 heteroatoms. The molecule has 104 valence electrons. The molecule has 0 heterocycles. The Morgan fingerprint density at radius 1 is 1.47 bits per heavy atom. The second-order valence-electron chi connectivity index (χ2n) is 3.54. The highest BCUT2D eigenvalue weighted by molar-refractivity contribution is 5.76. The highest BCUT2D eigenvalue weighted by atomic mass is 19.3. The number of nitro benzene ring substituents is 1. The molecule has 19 heavy (non-hydrogen) atoms. The Kier molecular flexibility index (Phi) is 4.36. The van der Waals surface area contributed by atoms with Crippen LogP contribution in [-0.2, 0) is 9.53 Å². The van der Waals surface area contributed by atoms with Crippen molar-refractivity contribution in [1.82, 2.24) is 0 Å². The maximum Gasteiger partial charge on any atom is 0.502 e. The molecule has 0 amide bonds. The van der Waals surface area contributed by atoms with Crippen LogP contribution in [-0.4, -0.2) is 23.6 Å². The Hall–Kier alpha value is -2.25. The van der Waals surface area contributed by atoms with E-state index >= 15 is 0 Å². The Morgan fingerprint density at radius 2 is 2.11 bits per heavy atom. The zero-order chi connectivity index (χ0) is 14.6. The van der Waals surface area contributed by atoms with Crippen molar-refractivity contribution in [3.05, 3.63) is 33.9 Å². The predicted octanol–water partition coefficient (Wildman–Crippen LogP) is 2.44. The molecule has 0 aliphatic rings. The van der Waals surface area contributed by atoms with E-state index in [1.807, 2.05) is 0 Å². The SMILES string of the molecule is CCOC(=O)C(F)(F)Oc1ccc(C)c([N+](=O)[O-])c1. The van der Waals surface area contributed by atoms with E-state index in [0.717, 1.165) is 12.1 Å². The summed E-state index contributed by atoms with van der Waals surface area (Å²) in [4.78, 5) is 20.8. The molecule has 0 radical (unpaired) electrons. The minimum atomic E-state index is -4.20. The minimum absolute atomic E-state index is 0.230. The Labute approximate surface area is 107 Å². The number of esters is 1. The van der Waals surface area contributed by atoms with Crippen molar-refractivity contribution >= 4 is 11.7 Å². The standard InChI is InChI=1S/C11H11F2NO5/c1-3-18-10(15)11(12,13)19-8-5-4-7(2)9(6-8)14(16)17/h4-6H,3H2,1-2H3. The van der Waals surface area contributed by atoms with Crippen LogP contribution in [0.25, 0.3) is 0 Å². The number of nitro groups is 1. The molecule has 0 aromatic heterocycles. The molecule has 0 bridgehead atoms. The molecule has 0 unspecified atom stereocenters. The van der Waals surface area contributed by atoms with Crippen molar-refractivity contribution in [3.63, 3.8) is 0 Å². The van der Waals surface area contributed by atoms with Crippen LogP contribution in [0.15, 0.2) is 18.2 Å². The smallest absolute Gasteiger partial charge is 0.459 e. The summed E-state index contributed by atoms with van der Waals surface area (Å²) < 4.78 is 34.8. The molecule has 0 saturated heterocycles. The van der Waals surface area contributed by atoms with Gasteiger partial charge in [-0.25, -0.2) is 4.79 Å². The van der Waals surface area contributed by atoms with Gasteiger partial charge in [-0.05, 0) is 26.0 Å². The molecule has 6 nitrogen and oxygen atoms in total. The van der Waals surface area contributed by atoms with Crippen molar-refractivity contribution in [3.8, 4) is 5.75 Å². The van der Waals surface area contributed by atoms with E-state index in [1.54, 1.807) is 0 Å². The predicted molar refractivity (Wildman–Crippen MR) is 60.0 cm³/mol. The highest BCUT2D eigenvalue weighted by Crippen LogP contribution is 2.28. The van der Waals surface area contributed by atoms with Crippen LogP contribution >= 0.6 is 0 Å². The van der Waals surface area contributed by atoms with Crippen LogP contribution in [0.1, 0.15) is 12.5 Å². The lowest BCUT2D eigenvalue weighted by atomic mass is 10.2. The number of carbonyl (C=O) groups is 1. The van der Waals surface area contributed by atoms with Crippen LogP contribution in [0.3, 0.4) is 0 Å². The summed E-state index contributed by atoms with van der Waals surface area (Å²) in [6, 6.07) is 3.17. The van der Waals surface area contributed by atoms with Gasteiger partial charge in [0, 0.05) is 5.56 Å². The monoisotopic (exact) mass is 275 g/mol. The number of hydrogen-bond donors (Lipinski definition) is 0. The van der Waals surface area contributed by atoms with E-state index in [9.17, 15) is 23.7 Å². The number of aryl methyl sites for hydroxylation is 1. The largest absolute Gasteiger partial charge is 0.502 e. The van der Waals surface area contributed by atoms with Crippen molar-refractivity contribution < 1.29 is 28.0 Å². The Bertz CT molecular complexity index is 504. The third kappa shape index (κ3) is 3.60. The third-order valence-electron chi connectivity index (χ3n) is 2.14. The van der Waals surface area contributed by atoms with Gasteiger partial charge in [-0.3, -0.25) is 10.1 Å². The minimum Gasteiger partial charge on any atom is -0.459 e. The summed E-state index contributed by atoms with van der Waals surface area (Å²) in [7, 11) is 0. The summed E-state index contributed by atoms with van der Waals surface area (Å²) in [6.45, 7) is 2.59. The van der Waals surface area contributed by atoms with Gasteiger partial charge in [0.15, 0.2) is 0 Å². The van der Waals surface area contributed by atoms with Gasteiger partial charge in [0.1, 0.15) is 5.75 Å². The lowest BCUT2D eigenvalue weighted by Gasteiger charge is -2.15. The second-order valence-corrected chi connectivity index (χ2v) is 3.54. The van der Waals surface area contributed by atoms with E-state index in [0.29, 0.717) is 0 Å². The molecule has 1 aromatic carbocycles. The number of carbonyl (C=O) groups excluding carboxylic acids is 1. The quantitative estimate of drug-likeness (QED) is 0.468. The van der Waals surface area contributed by atoms with E-state index in [2.05, 4.69) is 9.47 Å². The van der Waals surface area contributed by atoms with Gasteiger partial charge in [0.25, 0.3) is 5.69 Å². The lowest BCUT2D eigenvalue weighted by Crippen LogP contribution is -2.36. The average molecular weight is 275 g/mol. The highest BCUT2D eigenvalue weighted by Gasteiger charge is 2.44. The maximum atomic E-state index is 13.3. The van der Waals surface area contributed by atoms with Gasteiger partial charge in [0.05, 0.1) is 17.6 Å². The zero-order valence-corrected chi connectivity index (χ0v) is 10.2. The molecular weight excluding hydrogens is 264 g/mol. The number of nitrogens with zero attached hydrogens (tertiary/aromatic N) is 1. The van der Waals surface area contributed by atoms with Crippen LogP contribution < -0.4 is 4.74 Å². The third-order valence-corrected chi connectivity index (χ3v) is 2.14. The molecule has 0 aliphatic carbocycles. The molecule has 0 spiro atoms. The van der Waals surface area contributed by atoms with E-state index < -0.39 is 22.8 Å². The van der Waals surface area contributed by atoms with E-state index in [-0.39, 0.29) is 17.9 Å². The fourth-order valence-electron chi connectivity index (χ4n) is 1.25. The first kappa shape index (κ1) is 14.8. The Balaban J connectivity index is 2.96. The normalized spacial score (nSPS) is 10.9. The topological polar surface area (TPSA) is 78.7 Å². The molecule has 0 saturated carbocycles. The Morgan fingerprint density at radius 3 is 2.63 bits per heavy atom. The molecule has 0 fully saturated rings. The molecular formula is C11H11F2NO5. The number of alkyl halides is 2. The number of ether oxygens (including phenoxy) is 2. The van der Waals surface area contributed by atoms with Crippen LogP contribution in [0, 0.1) is 17.0 Å². The van der Waals surface area contributed by atoms with Crippen LogP contribution in [0.5, 0.6) is 5.75 Å². The summed E-state index contributed by atoms with van der Waals surface area (Å²) in [5, 5.41) is 10.6. The van der Waals surface area contributed by atoms with Gasteiger partial charge in [-0.2, -0.15) is 8.78 Å². The lowest BCUT2D eigenvalue weighted by molar-refractivity contribution is -0.385. The van der Waals surface area contributed by atoms with Crippen molar-refractivity contribution in [2.75, 3.05) is 6.61 Å². The van der Waals surface area contributed by atoms with Crippen molar-refractivity contribution in [1.29, 1.82) is 0 Å². The maximum absolute atomic E-state index is 13.3. The first-order valence-corrected chi connectivity index (χ1v) is 5.27. The molecule has 0 N–H and O–H groups in total. The summed E-state index contributed by atoms with van der Waals surface area (Å²) in [5.74, 6) is -2.34. The van der Waals surface area contributed by atoms with Crippen LogP contribution in [0.2, 0.25) is 0 Å². The fraction of sp³-hybridized carbons (Fsp3) is 0.364. The molecule has 0 atom stereocenters. The second kappa shape index (κ2) is 5.59.